The van der Waals surface area contributed by atoms with Crippen LogP contribution in [0.1, 0.15) is 13.3 Å². The number of hydrogen-bond acceptors (Lipinski definition) is 4. The summed E-state index contributed by atoms with van der Waals surface area (Å²) in [4.78, 5) is 2.09. The zero-order valence-electron chi connectivity index (χ0n) is 11.8. The predicted molar refractivity (Wildman–Crippen MR) is 90.6 cm³/mol. The summed E-state index contributed by atoms with van der Waals surface area (Å²) in [5.41, 5.74) is 0. The predicted octanol–water partition coefficient (Wildman–Crippen LogP) is 2.06. The van der Waals surface area contributed by atoms with Crippen LogP contribution in [0.25, 0.3) is 0 Å². The van der Waals surface area contributed by atoms with E-state index in [-0.39, 0.29) is 17.0 Å². The van der Waals surface area contributed by atoms with Crippen LogP contribution in [0.4, 0.5) is 0 Å². The zero-order valence-corrected chi connectivity index (χ0v) is 15.7. The van der Waals surface area contributed by atoms with E-state index in [1.165, 1.54) is 0 Å². The SMILES string of the molecule is CB(O)N1C[C@H](NS(=O)(=O)c2cc(Br)ccc2Br)C[C@@H]1C. The largest absolute Gasteiger partial charge is 0.437 e. The zero-order chi connectivity index (χ0) is 15.8. The molecule has 0 spiro atoms. The van der Waals surface area contributed by atoms with Crippen LogP contribution in [0.2, 0.25) is 6.82 Å². The first-order chi connectivity index (χ1) is 9.70. The first kappa shape index (κ1) is 17.4. The number of hydrogen-bond donors (Lipinski definition) is 2. The average molecular weight is 440 g/mol. The van der Waals surface area contributed by atoms with Gasteiger partial charge < -0.3 is 9.83 Å². The Hall–Kier alpha value is 0.0749. The van der Waals surface area contributed by atoms with E-state index in [0.717, 1.165) is 0 Å². The molecule has 0 aromatic heterocycles. The highest BCUT2D eigenvalue weighted by Gasteiger charge is 2.35. The van der Waals surface area contributed by atoms with Gasteiger partial charge in [0.05, 0.1) is 4.90 Å². The highest BCUT2D eigenvalue weighted by atomic mass is 79.9. The molecule has 1 heterocycles. The van der Waals surface area contributed by atoms with Crippen LogP contribution in [-0.4, -0.2) is 43.9 Å². The van der Waals surface area contributed by atoms with E-state index in [1.54, 1.807) is 25.0 Å². The van der Waals surface area contributed by atoms with Crippen LogP contribution in [0.3, 0.4) is 0 Å². The number of halogens is 2. The monoisotopic (exact) mass is 438 g/mol. The molecule has 1 aliphatic rings. The fourth-order valence-electron chi connectivity index (χ4n) is 2.63. The average Bonchev–Trinajstić information content (AvgIpc) is 2.72. The third-order valence-electron chi connectivity index (χ3n) is 3.61. The van der Waals surface area contributed by atoms with E-state index in [0.29, 0.717) is 21.9 Å². The molecule has 21 heavy (non-hydrogen) atoms. The lowest BCUT2D eigenvalue weighted by Crippen LogP contribution is -2.42. The van der Waals surface area contributed by atoms with Gasteiger partial charge in [-0.1, -0.05) is 22.9 Å². The summed E-state index contributed by atoms with van der Waals surface area (Å²) in [6.07, 6.45) is 0.676. The van der Waals surface area contributed by atoms with Gasteiger partial charge in [-0.05, 0) is 53.4 Å². The minimum Gasteiger partial charge on any atom is -0.437 e. The molecular formula is C12H17BBr2N2O3S. The Labute approximate surface area is 142 Å². The maximum atomic E-state index is 12.5. The van der Waals surface area contributed by atoms with Crippen molar-refractivity contribution in [3.8, 4) is 0 Å². The van der Waals surface area contributed by atoms with Gasteiger partial charge in [-0.3, -0.25) is 0 Å². The lowest BCUT2D eigenvalue weighted by molar-refractivity contribution is 0.360. The van der Waals surface area contributed by atoms with Gasteiger partial charge in [0.2, 0.25) is 10.0 Å². The molecule has 2 atom stereocenters. The molecule has 1 aliphatic heterocycles. The van der Waals surface area contributed by atoms with Crippen molar-refractivity contribution in [1.29, 1.82) is 0 Å². The standard InChI is InChI=1S/C12H17BBr2N2O3S/c1-8-5-10(7-17(8)13(2)18)16-21(19,20)12-6-9(14)3-4-11(12)15/h3-4,6,8,10,16,18H,5,7H2,1-2H3/t8-,10+/m0/s1. The summed E-state index contributed by atoms with van der Waals surface area (Å²) in [7, 11) is -4.18. The van der Waals surface area contributed by atoms with Gasteiger partial charge in [0.25, 0.3) is 0 Å². The minimum absolute atomic E-state index is 0.142. The van der Waals surface area contributed by atoms with E-state index in [2.05, 4.69) is 36.6 Å². The second-order valence-electron chi connectivity index (χ2n) is 5.31. The molecule has 0 amide bonds. The Bertz CT molecular complexity index is 627. The molecule has 2 N–H and O–H groups in total. The summed E-state index contributed by atoms with van der Waals surface area (Å²) < 4.78 is 29.0. The van der Waals surface area contributed by atoms with Gasteiger partial charge in [0.15, 0.2) is 0 Å². The first-order valence-corrected chi connectivity index (χ1v) is 9.69. The van der Waals surface area contributed by atoms with Crippen LogP contribution < -0.4 is 4.72 Å². The molecule has 5 nitrogen and oxygen atoms in total. The molecule has 1 aromatic carbocycles. The first-order valence-electron chi connectivity index (χ1n) is 6.62. The molecule has 0 radical (unpaired) electrons. The van der Waals surface area contributed by atoms with Crippen molar-refractivity contribution in [3.05, 3.63) is 27.1 Å². The molecule has 116 valence electrons. The Morgan fingerprint density at radius 3 is 2.67 bits per heavy atom. The van der Waals surface area contributed by atoms with Gasteiger partial charge in [0.1, 0.15) is 0 Å². The number of nitrogens with zero attached hydrogens (tertiary/aromatic N) is 1. The second kappa shape index (κ2) is 6.68. The smallest absolute Gasteiger partial charge is 0.376 e. The van der Waals surface area contributed by atoms with Crippen molar-refractivity contribution in [2.75, 3.05) is 6.54 Å². The fourth-order valence-corrected chi connectivity index (χ4v) is 5.37. The van der Waals surface area contributed by atoms with Crippen molar-refractivity contribution < 1.29 is 13.4 Å². The minimum atomic E-state index is -3.60. The van der Waals surface area contributed by atoms with Crippen LogP contribution >= 0.6 is 31.9 Å². The third kappa shape index (κ3) is 4.08. The lowest BCUT2D eigenvalue weighted by atomic mass is 9.84. The fraction of sp³-hybridized carbons (Fsp3) is 0.500. The van der Waals surface area contributed by atoms with Crippen LogP contribution in [0, 0.1) is 0 Å². The van der Waals surface area contributed by atoms with Crippen molar-refractivity contribution in [3.63, 3.8) is 0 Å². The second-order valence-corrected chi connectivity index (χ2v) is 8.76. The molecular weight excluding hydrogens is 423 g/mol. The molecule has 1 saturated heterocycles. The Balaban J connectivity index is 2.17. The Kier molecular flexibility index (Phi) is 5.54. The molecule has 1 fully saturated rings. The molecule has 9 heteroatoms. The van der Waals surface area contributed by atoms with Gasteiger partial charge in [0, 0.05) is 21.5 Å². The number of benzene rings is 1. The van der Waals surface area contributed by atoms with Crippen molar-refractivity contribution in [2.24, 2.45) is 0 Å². The summed E-state index contributed by atoms with van der Waals surface area (Å²) in [5, 5.41) is 9.67. The van der Waals surface area contributed by atoms with E-state index in [4.69, 9.17) is 0 Å². The molecule has 0 saturated carbocycles. The third-order valence-corrected chi connectivity index (χ3v) is 6.62. The molecule has 0 unspecified atom stereocenters. The van der Waals surface area contributed by atoms with Crippen molar-refractivity contribution in [1.82, 2.24) is 9.53 Å². The summed E-state index contributed by atoms with van der Waals surface area (Å²) in [6, 6.07) is 4.97. The van der Waals surface area contributed by atoms with Crippen molar-refractivity contribution >= 4 is 48.9 Å². The lowest BCUT2D eigenvalue weighted by Gasteiger charge is -2.21. The van der Waals surface area contributed by atoms with Gasteiger partial charge >= 0.3 is 7.05 Å². The van der Waals surface area contributed by atoms with E-state index < -0.39 is 17.1 Å². The number of nitrogens with one attached hydrogen (secondary N) is 1. The maximum absolute atomic E-state index is 12.5. The molecule has 2 rings (SSSR count). The van der Waals surface area contributed by atoms with Crippen LogP contribution in [-0.2, 0) is 10.0 Å². The quantitative estimate of drug-likeness (QED) is 0.704. The highest BCUT2D eigenvalue weighted by Crippen LogP contribution is 2.27. The molecule has 1 aromatic rings. The number of sulfonamides is 1. The van der Waals surface area contributed by atoms with Crippen LogP contribution in [0.5, 0.6) is 0 Å². The number of rotatable bonds is 4. The topological polar surface area (TPSA) is 69.6 Å². The highest BCUT2D eigenvalue weighted by molar-refractivity contribution is 9.11. The van der Waals surface area contributed by atoms with E-state index in [9.17, 15) is 13.4 Å². The normalized spacial score (nSPS) is 23.5. The molecule has 0 bridgehead atoms. The van der Waals surface area contributed by atoms with E-state index >= 15 is 0 Å². The van der Waals surface area contributed by atoms with Gasteiger partial charge in [-0.2, -0.15) is 0 Å². The van der Waals surface area contributed by atoms with Gasteiger partial charge in [-0.25, -0.2) is 13.1 Å². The van der Waals surface area contributed by atoms with E-state index in [1.807, 2.05) is 11.7 Å². The Morgan fingerprint density at radius 2 is 2.10 bits per heavy atom. The summed E-state index contributed by atoms with van der Waals surface area (Å²) in [6.45, 7) is 4.18. The molecule has 0 aliphatic carbocycles. The van der Waals surface area contributed by atoms with Crippen molar-refractivity contribution in [2.45, 2.75) is 37.1 Å². The maximum Gasteiger partial charge on any atom is 0.376 e. The van der Waals surface area contributed by atoms with Crippen LogP contribution in [0.15, 0.2) is 32.0 Å². The summed E-state index contributed by atoms with van der Waals surface area (Å²) in [5.74, 6) is 0. The Morgan fingerprint density at radius 1 is 1.43 bits per heavy atom. The summed E-state index contributed by atoms with van der Waals surface area (Å²) >= 11 is 6.56. The van der Waals surface area contributed by atoms with Gasteiger partial charge in [-0.15, -0.1) is 0 Å².